The second-order valence-electron chi connectivity index (χ2n) is 18.7. The molecule has 1 radical (unpaired) electrons. The molecule has 0 bridgehead atoms. The quantitative estimate of drug-likeness (QED) is 0.155. The number of nitrogens with zero attached hydrogens (tertiary/aromatic N) is 4. The molecule has 0 saturated heterocycles. The van der Waals surface area contributed by atoms with E-state index in [-0.39, 0.29) is 45.1 Å². The maximum atomic E-state index is 11.6. The van der Waals surface area contributed by atoms with Crippen LogP contribution in [-0.4, -0.2) is 92.6 Å². The van der Waals surface area contributed by atoms with Gasteiger partial charge < -0.3 is 20.4 Å². The van der Waals surface area contributed by atoms with Gasteiger partial charge in [0.25, 0.3) is 0 Å². The van der Waals surface area contributed by atoms with Crippen molar-refractivity contribution in [2.24, 2.45) is 9.98 Å². The van der Waals surface area contributed by atoms with Gasteiger partial charge >= 0.3 is 6.16 Å². The fraction of sp³-hybridized carbons (Fsp3) is 0.644. The van der Waals surface area contributed by atoms with Crippen LogP contribution in [0.4, 0.5) is 4.79 Å². The van der Waals surface area contributed by atoms with Crippen molar-refractivity contribution in [3.63, 3.8) is 0 Å². The first-order valence-electron chi connectivity index (χ1n) is 20.3. The van der Waals surface area contributed by atoms with Crippen LogP contribution >= 0.6 is 0 Å². The Morgan fingerprint density at radius 2 is 1.27 bits per heavy atom. The zero-order chi connectivity index (χ0) is 39.8. The third-order valence-electron chi connectivity index (χ3n) is 11.2. The first kappa shape index (κ1) is 46.0. The molecule has 1 aliphatic carbocycles. The molecule has 55 heavy (non-hydrogen) atoms. The van der Waals surface area contributed by atoms with E-state index in [1.807, 2.05) is 12.4 Å². The van der Waals surface area contributed by atoms with Gasteiger partial charge in [-0.15, -0.1) is 0 Å². The van der Waals surface area contributed by atoms with Crippen LogP contribution in [0.1, 0.15) is 160 Å². The molecule has 4 N–H and O–H groups in total. The number of carboxylic acid groups (broad SMARTS) is 2. The standard InChI is InChI=1S/C44H66N4O2.CH2O3.Co/c1-42(2,3)34-25-31(17-15-22-48-24-16-23-47-21-14-10-11-20-39(47)48)40(49)32(26-34)29-45-37-18-12-13-19-38(37)46-30-33-27-35(43(4,5)6)28-36(41(33)50)44(7,8)9;2-1(3)4;/h25-30,37-38H,10-24H2,1-9H3,(H-,45,46,49,50);(H2,2,3,4);/p+1. The van der Waals surface area contributed by atoms with Crippen molar-refractivity contribution in [3.05, 3.63) is 57.6 Å². The van der Waals surface area contributed by atoms with E-state index in [1.165, 1.54) is 56.3 Å². The fourth-order valence-electron chi connectivity index (χ4n) is 7.92. The van der Waals surface area contributed by atoms with Crippen LogP contribution < -0.4 is 0 Å². The Hall–Kier alpha value is -3.37. The van der Waals surface area contributed by atoms with E-state index in [4.69, 9.17) is 25.0 Å². The molecule has 0 spiro atoms. The van der Waals surface area contributed by atoms with Crippen LogP contribution in [0.5, 0.6) is 11.5 Å². The van der Waals surface area contributed by atoms with Gasteiger partial charge in [0.1, 0.15) is 11.5 Å². The van der Waals surface area contributed by atoms with E-state index >= 15 is 0 Å². The molecule has 1 fully saturated rings. The Kier molecular flexibility index (Phi) is 16.5. The number of benzene rings is 2. The first-order chi connectivity index (χ1) is 25.3. The first-order valence-corrected chi connectivity index (χ1v) is 20.3. The average molecular weight is 805 g/mol. The molecule has 10 heteroatoms. The SMILES string of the molecule is CC(C)(C)c1cc(C=NC2CCCCC2N=Cc2cc(C(C)(C)C)cc(C(C)(C)C)c2O)c(O)c(CCCN2CCC[N+]3=C2CCCCC3)c1.O=C(O)O.[Co]. The van der Waals surface area contributed by atoms with Gasteiger partial charge in [0, 0.05) is 58.7 Å². The maximum Gasteiger partial charge on any atom is 0.503 e. The maximum absolute atomic E-state index is 11.6. The van der Waals surface area contributed by atoms with Gasteiger partial charge in [0.2, 0.25) is 5.84 Å². The number of carbonyl (C=O) groups is 1. The summed E-state index contributed by atoms with van der Waals surface area (Å²) in [5.74, 6) is 2.26. The molecule has 2 atom stereocenters. The molecule has 2 aliphatic heterocycles. The molecule has 1 saturated carbocycles. The van der Waals surface area contributed by atoms with E-state index in [0.717, 1.165) is 73.9 Å². The van der Waals surface area contributed by atoms with Crippen LogP contribution in [0.25, 0.3) is 0 Å². The molecule has 2 aromatic rings. The van der Waals surface area contributed by atoms with Crippen LogP contribution in [0.2, 0.25) is 0 Å². The topological polar surface area (TPSA) is 129 Å². The van der Waals surface area contributed by atoms with Gasteiger partial charge in [-0.3, -0.25) is 19.5 Å². The van der Waals surface area contributed by atoms with Gasteiger partial charge in [-0.25, -0.2) is 4.79 Å². The minimum atomic E-state index is -1.83. The summed E-state index contributed by atoms with van der Waals surface area (Å²) < 4.78 is 2.64. The smallest absolute Gasteiger partial charge is 0.503 e. The molecule has 9 nitrogen and oxygen atoms in total. The molecule has 307 valence electrons. The second-order valence-corrected chi connectivity index (χ2v) is 18.7. The summed E-state index contributed by atoms with van der Waals surface area (Å²) in [7, 11) is 0. The third-order valence-corrected chi connectivity index (χ3v) is 11.2. The zero-order valence-electron chi connectivity index (χ0n) is 35.0. The van der Waals surface area contributed by atoms with E-state index in [1.54, 1.807) is 5.84 Å². The van der Waals surface area contributed by atoms with Crippen molar-refractivity contribution in [1.29, 1.82) is 0 Å². The minimum Gasteiger partial charge on any atom is -0.507 e. The summed E-state index contributed by atoms with van der Waals surface area (Å²) in [6.45, 7) is 24.4. The Morgan fingerprint density at radius 3 is 1.82 bits per heavy atom. The summed E-state index contributed by atoms with van der Waals surface area (Å²) in [5, 5.41) is 36.9. The summed E-state index contributed by atoms with van der Waals surface area (Å²) in [6, 6.07) is 8.69. The van der Waals surface area contributed by atoms with Gasteiger partial charge in [0.15, 0.2) is 0 Å². The van der Waals surface area contributed by atoms with Gasteiger partial charge in [-0.1, -0.05) is 87.3 Å². The number of hydrogen-bond acceptors (Lipinski definition) is 6. The number of rotatable bonds is 8. The molecular weight excluding hydrogens is 735 g/mol. The average Bonchev–Trinajstić information content (AvgIpc) is 3.33. The van der Waals surface area contributed by atoms with Gasteiger partial charge in [-0.05, 0) is 90.0 Å². The predicted octanol–water partition coefficient (Wildman–Crippen LogP) is 9.68. The van der Waals surface area contributed by atoms with Gasteiger partial charge in [0.05, 0.1) is 38.3 Å². The van der Waals surface area contributed by atoms with Gasteiger partial charge in [-0.2, -0.15) is 0 Å². The van der Waals surface area contributed by atoms with Crippen molar-refractivity contribution >= 4 is 24.4 Å². The Morgan fingerprint density at radius 1 is 0.745 bits per heavy atom. The van der Waals surface area contributed by atoms with Crippen LogP contribution in [0.3, 0.4) is 0 Å². The third kappa shape index (κ3) is 13.1. The molecule has 0 aromatic heterocycles. The second kappa shape index (κ2) is 19.7. The van der Waals surface area contributed by atoms with Crippen molar-refractivity contribution in [2.75, 3.05) is 26.2 Å². The van der Waals surface area contributed by atoms with E-state index < -0.39 is 6.16 Å². The molecule has 2 unspecified atom stereocenters. The van der Waals surface area contributed by atoms with Crippen LogP contribution in [0, 0.1) is 0 Å². The van der Waals surface area contributed by atoms with E-state index in [9.17, 15) is 10.2 Å². The number of aryl methyl sites for hydroxylation is 1. The summed E-state index contributed by atoms with van der Waals surface area (Å²) >= 11 is 0. The largest absolute Gasteiger partial charge is 0.507 e. The van der Waals surface area contributed by atoms with Crippen molar-refractivity contribution in [3.8, 4) is 11.5 Å². The normalized spacial score (nSPS) is 19.8. The molecular formula is C45H69CoN4O5+. The number of phenols is 2. The van der Waals surface area contributed by atoms with Crippen molar-refractivity contribution < 1.29 is 46.6 Å². The zero-order valence-corrected chi connectivity index (χ0v) is 36.1. The number of phenolic OH excluding ortho intramolecular Hbond substituents is 2. The number of aliphatic imine (C=N–C) groups is 2. The molecule has 2 heterocycles. The van der Waals surface area contributed by atoms with Crippen LogP contribution in [0.15, 0.2) is 34.3 Å². The summed E-state index contributed by atoms with van der Waals surface area (Å²) in [4.78, 5) is 21.4. The number of hydrogen-bond donors (Lipinski definition) is 4. The summed E-state index contributed by atoms with van der Waals surface area (Å²) in [6.07, 6.45) is 14.4. The minimum absolute atomic E-state index is 0. The molecule has 0 amide bonds. The monoisotopic (exact) mass is 804 g/mol. The fourth-order valence-corrected chi connectivity index (χ4v) is 7.92. The predicted molar refractivity (Wildman–Crippen MR) is 222 cm³/mol. The van der Waals surface area contributed by atoms with Crippen molar-refractivity contribution in [2.45, 2.75) is 161 Å². The number of amidine groups is 1. The Balaban J connectivity index is 0.00000155. The summed E-state index contributed by atoms with van der Waals surface area (Å²) in [5.41, 5.74) is 5.74. The molecule has 3 aliphatic rings. The number of aromatic hydroxyl groups is 2. The molecule has 5 rings (SSSR count). The Bertz CT molecular complexity index is 1690. The molecule has 2 aromatic carbocycles. The van der Waals surface area contributed by atoms with E-state index in [0.29, 0.717) is 11.5 Å². The van der Waals surface area contributed by atoms with Crippen molar-refractivity contribution in [1.82, 2.24) is 4.90 Å². The van der Waals surface area contributed by atoms with E-state index in [2.05, 4.69) is 96.1 Å². The Labute approximate surface area is 341 Å². The van der Waals surface area contributed by atoms with Crippen LogP contribution in [-0.2, 0) is 39.4 Å².